The molecule has 4 aromatic rings. The van der Waals surface area contributed by atoms with Crippen molar-refractivity contribution in [3.8, 4) is 0 Å². The zero-order valence-electron chi connectivity index (χ0n) is 13.5. The Hall–Kier alpha value is -2.17. The Bertz CT molecular complexity index is 1020. The minimum atomic E-state index is 0.883. The van der Waals surface area contributed by atoms with E-state index in [1.165, 1.54) is 21.2 Å². The second kappa shape index (κ2) is 5.72. The fourth-order valence-corrected chi connectivity index (χ4v) is 5.05. The fourth-order valence-electron chi connectivity index (χ4n) is 3.79. The van der Waals surface area contributed by atoms with E-state index in [9.17, 15) is 0 Å². The van der Waals surface area contributed by atoms with Crippen molar-refractivity contribution in [3.63, 3.8) is 0 Å². The third-order valence-corrected chi connectivity index (χ3v) is 6.17. The monoisotopic (exact) mass is 333 g/mol. The molecule has 0 aliphatic carbocycles. The molecule has 0 fully saturated rings. The Morgan fingerprint density at radius 1 is 1.08 bits per heavy atom. The summed E-state index contributed by atoms with van der Waals surface area (Å²) in [5.74, 6) is 0. The maximum absolute atomic E-state index is 4.61. The van der Waals surface area contributed by atoms with Crippen LogP contribution in [0, 0.1) is 0 Å². The normalized spacial score (nSPS) is 14.8. The number of fused-ring (bicyclic) bond motifs is 4. The van der Waals surface area contributed by atoms with Crippen LogP contribution in [0.1, 0.15) is 16.0 Å². The lowest BCUT2D eigenvalue weighted by atomic mass is 10.1. The lowest BCUT2D eigenvalue weighted by Crippen LogP contribution is -2.16. The van der Waals surface area contributed by atoms with Gasteiger partial charge < -0.3 is 9.88 Å². The van der Waals surface area contributed by atoms with E-state index in [-0.39, 0.29) is 0 Å². The Morgan fingerprint density at radius 2 is 2.00 bits per heavy atom. The SMILES string of the molecule is c1cnc2c(Cn3ccc4sc5c(c43)CCNCC5)cccc2c1. The van der Waals surface area contributed by atoms with Crippen molar-refractivity contribution in [2.75, 3.05) is 13.1 Å². The van der Waals surface area contributed by atoms with E-state index in [2.05, 4.69) is 51.4 Å². The van der Waals surface area contributed by atoms with Gasteiger partial charge in [-0.15, -0.1) is 11.3 Å². The highest BCUT2D eigenvalue weighted by atomic mass is 32.1. The van der Waals surface area contributed by atoms with Gasteiger partial charge in [0.2, 0.25) is 0 Å². The van der Waals surface area contributed by atoms with Crippen molar-refractivity contribution in [2.45, 2.75) is 19.4 Å². The molecule has 0 amide bonds. The predicted molar refractivity (Wildman–Crippen MR) is 101 cm³/mol. The summed E-state index contributed by atoms with van der Waals surface area (Å²) in [7, 11) is 0. The number of nitrogens with one attached hydrogen (secondary N) is 1. The van der Waals surface area contributed by atoms with Crippen LogP contribution < -0.4 is 5.32 Å². The second-order valence-electron chi connectivity index (χ2n) is 6.40. The fraction of sp³-hybridized carbons (Fsp3) is 0.250. The van der Waals surface area contributed by atoms with Crippen LogP contribution in [0.15, 0.2) is 48.8 Å². The van der Waals surface area contributed by atoms with Crippen LogP contribution in [0.2, 0.25) is 0 Å². The van der Waals surface area contributed by atoms with Gasteiger partial charge >= 0.3 is 0 Å². The average molecular weight is 333 g/mol. The van der Waals surface area contributed by atoms with Gasteiger partial charge in [-0.25, -0.2) is 0 Å². The van der Waals surface area contributed by atoms with Crippen LogP contribution in [0.4, 0.5) is 0 Å². The molecule has 3 nitrogen and oxygen atoms in total. The molecular weight excluding hydrogens is 314 g/mol. The van der Waals surface area contributed by atoms with E-state index in [1.54, 1.807) is 10.4 Å². The first-order valence-electron chi connectivity index (χ1n) is 8.53. The van der Waals surface area contributed by atoms with E-state index < -0.39 is 0 Å². The highest BCUT2D eigenvalue weighted by Crippen LogP contribution is 2.34. The Balaban J connectivity index is 1.63. The van der Waals surface area contributed by atoms with Crippen molar-refractivity contribution in [3.05, 3.63) is 64.8 Å². The van der Waals surface area contributed by atoms with Crippen LogP contribution in [0.5, 0.6) is 0 Å². The summed E-state index contributed by atoms with van der Waals surface area (Å²) in [6.07, 6.45) is 6.42. The highest BCUT2D eigenvalue weighted by molar-refractivity contribution is 7.19. The first-order chi connectivity index (χ1) is 11.9. The molecule has 0 saturated carbocycles. The molecule has 1 N–H and O–H groups in total. The van der Waals surface area contributed by atoms with Gasteiger partial charge in [-0.3, -0.25) is 4.98 Å². The maximum Gasteiger partial charge on any atom is 0.0751 e. The first kappa shape index (κ1) is 14.2. The van der Waals surface area contributed by atoms with E-state index in [4.69, 9.17) is 0 Å². The van der Waals surface area contributed by atoms with Gasteiger partial charge in [0.15, 0.2) is 0 Å². The molecule has 0 radical (unpaired) electrons. The molecule has 0 unspecified atom stereocenters. The standard InChI is InChI=1S/C20H19N3S/c1-3-14-5-2-9-22-19(14)15(4-1)13-23-12-8-18-20(23)16-6-10-21-11-7-17(16)24-18/h1-5,8-9,12,21H,6-7,10-11,13H2. The summed E-state index contributed by atoms with van der Waals surface area (Å²) in [5.41, 5.74) is 5.40. The van der Waals surface area contributed by atoms with Crippen molar-refractivity contribution >= 4 is 32.5 Å². The van der Waals surface area contributed by atoms with Gasteiger partial charge in [-0.1, -0.05) is 24.3 Å². The van der Waals surface area contributed by atoms with Gasteiger partial charge in [-0.2, -0.15) is 0 Å². The number of nitrogens with zero attached hydrogens (tertiary/aromatic N) is 2. The van der Waals surface area contributed by atoms with E-state index in [0.29, 0.717) is 0 Å². The Labute approximate surface area is 144 Å². The van der Waals surface area contributed by atoms with E-state index in [0.717, 1.165) is 38.0 Å². The Morgan fingerprint density at radius 3 is 3.00 bits per heavy atom. The van der Waals surface area contributed by atoms with Crippen LogP contribution in [0.3, 0.4) is 0 Å². The summed E-state index contributed by atoms with van der Waals surface area (Å²) < 4.78 is 3.84. The van der Waals surface area contributed by atoms with Crippen molar-refractivity contribution < 1.29 is 0 Å². The van der Waals surface area contributed by atoms with Crippen molar-refractivity contribution in [1.29, 1.82) is 0 Å². The van der Waals surface area contributed by atoms with Gasteiger partial charge in [0.25, 0.3) is 0 Å². The lowest BCUT2D eigenvalue weighted by Gasteiger charge is -2.09. The average Bonchev–Trinajstić information content (AvgIpc) is 3.07. The summed E-state index contributed by atoms with van der Waals surface area (Å²) in [4.78, 5) is 6.18. The molecule has 1 aliphatic heterocycles. The van der Waals surface area contributed by atoms with E-state index >= 15 is 0 Å². The quantitative estimate of drug-likeness (QED) is 0.601. The minimum absolute atomic E-state index is 0.883. The number of aromatic nitrogens is 2. The van der Waals surface area contributed by atoms with Gasteiger partial charge in [-0.05, 0) is 49.2 Å². The molecular formula is C20H19N3S. The van der Waals surface area contributed by atoms with Crippen LogP contribution in [-0.4, -0.2) is 22.6 Å². The molecule has 120 valence electrons. The minimum Gasteiger partial charge on any atom is -0.342 e. The molecule has 0 atom stereocenters. The zero-order chi connectivity index (χ0) is 15.9. The van der Waals surface area contributed by atoms with Crippen LogP contribution in [-0.2, 0) is 19.4 Å². The number of hydrogen-bond donors (Lipinski definition) is 1. The zero-order valence-corrected chi connectivity index (χ0v) is 14.3. The number of benzene rings is 1. The number of hydrogen-bond acceptors (Lipinski definition) is 3. The number of pyridine rings is 1. The third kappa shape index (κ3) is 2.26. The van der Waals surface area contributed by atoms with Crippen molar-refractivity contribution in [1.82, 2.24) is 14.9 Å². The molecule has 4 heterocycles. The smallest absolute Gasteiger partial charge is 0.0751 e. The van der Waals surface area contributed by atoms with Gasteiger partial charge in [0.1, 0.15) is 0 Å². The third-order valence-electron chi connectivity index (χ3n) is 4.92. The van der Waals surface area contributed by atoms with Gasteiger partial charge in [0.05, 0.1) is 15.7 Å². The molecule has 3 aromatic heterocycles. The number of para-hydroxylation sites is 1. The molecule has 0 spiro atoms. The van der Waals surface area contributed by atoms with Crippen molar-refractivity contribution in [2.24, 2.45) is 0 Å². The topological polar surface area (TPSA) is 29.9 Å². The molecule has 0 bridgehead atoms. The first-order valence-corrected chi connectivity index (χ1v) is 9.34. The lowest BCUT2D eigenvalue weighted by molar-refractivity contribution is 0.711. The molecule has 24 heavy (non-hydrogen) atoms. The predicted octanol–water partition coefficient (Wildman–Crippen LogP) is 3.99. The van der Waals surface area contributed by atoms with Crippen LogP contribution >= 0.6 is 11.3 Å². The summed E-state index contributed by atoms with van der Waals surface area (Å²) in [6, 6.07) is 12.9. The summed E-state index contributed by atoms with van der Waals surface area (Å²) in [6.45, 7) is 3.07. The molecule has 4 heteroatoms. The van der Waals surface area contributed by atoms with Gasteiger partial charge in [0, 0.05) is 29.2 Å². The molecule has 5 rings (SSSR count). The summed E-state index contributed by atoms with van der Waals surface area (Å²) in [5, 5.41) is 4.73. The maximum atomic E-state index is 4.61. The van der Waals surface area contributed by atoms with Crippen LogP contribution in [0.25, 0.3) is 21.1 Å². The second-order valence-corrected chi connectivity index (χ2v) is 7.54. The molecule has 0 saturated heterocycles. The summed E-state index contributed by atoms with van der Waals surface area (Å²) >= 11 is 1.97. The van der Waals surface area contributed by atoms with E-state index in [1.807, 2.05) is 23.6 Å². The molecule has 1 aliphatic rings. The molecule has 1 aromatic carbocycles. The number of rotatable bonds is 2. The largest absolute Gasteiger partial charge is 0.342 e. The Kier molecular flexibility index (Phi) is 3.39. The number of thiophene rings is 1. The highest BCUT2D eigenvalue weighted by Gasteiger charge is 2.18.